The Hall–Kier alpha value is -0.970. The Morgan fingerprint density at radius 3 is 2.75 bits per heavy atom. The monoisotopic (exact) mass is 278 g/mol. The summed E-state index contributed by atoms with van der Waals surface area (Å²) in [5.74, 6) is -0.196. The van der Waals surface area contributed by atoms with Crippen LogP contribution in [0.3, 0.4) is 0 Å². The Morgan fingerprint density at radius 2 is 2.05 bits per heavy atom. The van der Waals surface area contributed by atoms with Crippen molar-refractivity contribution in [3.8, 4) is 0 Å². The van der Waals surface area contributed by atoms with Gasteiger partial charge in [-0.3, -0.25) is 4.90 Å². The number of morpholine rings is 1. The molecule has 2 aliphatic rings. The second-order valence-electron chi connectivity index (χ2n) is 6.00. The topological polar surface area (TPSA) is 38.5 Å². The Kier molecular flexibility index (Phi) is 4.06. The van der Waals surface area contributed by atoms with Gasteiger partial charge in [-0.15, -0.1) is 0 Å². The van der Waals surface area contributed by atoms with Crippen LogP contribution in [0.25, 0.3) is 0 Å². The van der Waals surface area contributed by atoms with Crippen LogP contribution < -0.4 is 5.73 Å². The molecule has 2 fully saturated rings. The van der Waals surface area contributed by atoms with Crippen molar-refractivity contribution in [2.75, 3.05) is 13.2 Å². The van der Waals surface area contributed by atoms with Gasteiger partial charge in [0.1, 0.15) is 5.82 Å². The molecule has 1 saturated heterocycles. The lowest BCUT2D eigenvalue weighted by molar-refractivity contribution is -0.0753. The van der Waals surface area contributed by atoms with E-state index in [4.69, 9.17) is 10.5 Å². The summed E-state index contributed by atoms with van der Waals surface area (Å²) in [5.41, 5.74) is 7.35. The summed E-state index contributed by atoms with van der Waals surface area (Å²) in [6, 6.07) is 7.40. The fourth-order valence-electron chi connectivity index (χ4n) is 3.76. The van der Waals surface area contributed by atoms with Gasteiger partial charge < -0.3 is 10.5 Å². The van der Waals surface area contributed by atoms with Crippen LogP contribution in [0.15, 0.2) is 24.3 Å². The number of fused-ring (bicyclic) bond motifs is 1. The average molecular weight is 278 g/mol. The predicted molar refractivity (Wildman–Crippen MR) is 76.9 cm³/mol. The van der Waals surface area contributed by atoms with Gasteiger partial charge in [0.25, 0.3) is 0 Å². The number of ether oxygens (including phenoxy) is 1. The molecule has 1 aromatic carbocycles. The second-order valence-corrected chi connectivity index (χ2v) is 6.00. The van der Waals surface area contributed by atoms with Gasteiger partial charge in [-0.25, -0.2) is 4.39 Å². The number of halogens is 1. The van der Waals surface area contributed by atoms with Crippen LogP contribution in [-0.4, -0.2) is 36.2 Å². The van der Waals surface area contributed by atoms with E-state index in [1.165, 1.54) is 25.0 Å². The maximum Gasteiger partial charge on any atom is 0.123 e. The molecule has 1 aromatic rings. The average Bonchev–Trinajstić information content (AvgIpc) is 2.90. The highest BCUT2D eigenvalue weighted by molar-refractivity contribution is 5.22. The molecule has 1 aliphatic heterocycles. The van der Waals surface area contributed by atoms with Crippen LogP contribution in [0.4, 0.5) is 4.39 Å². The number of nitrogens with zero attached hydrogens (tertiary/aromatic N) is 1. The molecule has 1 heterocycles. The van der Waals surface area contributed by atoms with Crippen molar-refractivity contribution < 1.29 is 9.13 Å². The zero-order valence-electron chi connectivity index (χ0n) is 12.0. The van der Waals surface area contributed by atoms with E-state index in [1.807, 2.05) is 19.1 Å². The maximum absolute atomic E-state index is 13.1. The third-order valence-corrected chi connectivity index (χ3v) is 4.59. The summed E-state index contributed by atoms with van der Waals surface area (Å²) in [6.07, 6.45) is 3.90. The summed E-state index contributed by atoms with van der Waals surface area (Å²) in [7, 11) is 0. The first-order valence-electron chi connectivity index (χ1n) is 7.55. The second kappa shape index (κ2) is 5.80. The quantitative estimate of drug-likeness (QED) is 0.923. The molecule has 0 spiro atoms. The third kappa shape index (κ3) is 2.60. The molecule has 110 valence electrons. The molecule has 4 heteroatoms. The van der Waals surface area contributed by atoms with E-state index in [1.54, 1.807) is 0 Å². The van der Waals surface area contributed by atoms with E-state index in [0.29, 0.717) is 12.1 Å². The molecule has 0 amide bonds. The number of rotatable bonds is 3. The first-order valence-corrected chi connectivity index (χ1v) is 7.55. The highest BCUT2D eigenvalue weighted by Crippen LogP contribution is 2.36. The van der Waals surface area contributed by atoms with Gasteiger partial charge in [-0.1, -0.05) is 12.1 Å². The van der Waals surface area contributed by atoms with E-state index in [2.05, 4.69) is 4.90 Å². The smallest absolute Gasteiger partial charge is 0.123 e. The lowest BCUT2D eigenvalue weighted by Gasteiger charge is -2.44. The van der Waals surface area contributed by atoms with Gasteiger partial charge in [0.2, 0.25) is 0 Å². The van der Waals surface area contributed by atoms with E-state index in [9.17, 15) is 4.39 Å². The fourth-order valence-corrected chi connectivity index (χ4v) is 3.76. The van der Waals surface area contributed by atoms with Crippen molar-refractivity contribution >= 4 is 0 Å². The Bertz CT molecular complexity index is 448. The molecular formula is C16H23FN2O. The minimum Gasteiger partial charge on any atom is -0.375 e. The van der Waals surface area contributed by atoms with Crippen molar-refractivity contribution in [2.24, 2.45) is 5.73 Å². The van der Waals surface area contributed by atoms with Crippen LogP contribution in [-0.2, 0) is 4.74 Å². The van der Waals surface area contributed by atoms with E-state index in [-0.39, 0.29) is 17.9 Å². The first-order chi connectivity index (χ1) is 9.66. The fraction of sp³-hybridized carbons (Fsp3) is 0.625. The van der Waals surface area contributed by atoms with Gasteiger partial charge >= 0.3 is 0 Å². The SMILES string of the molecule is CC(N)C(c1ccc(F)cc1)N1CCOC2CCCC21. The van der Waals surface area contributed by atoms with Crippen molar-refractivity contribution in [3.05, 3.63) is 35.6 Å². The summed E-state index contributed by atoms with van der Waals surface area (Å²) in [6.45, 7) is 3.71. The van der Waals surface area contributed by atoms with Crippen molar-refractivity contribution in [3.63, 3.8) is 0 Å². The molecule has 1 saturated carbocycles. The van der Waals surface area contributed by atoms with Crippen LogP contribution >= 0.6 is 0 Å². The highest BCUT2D eigenvalue weighted by atomic mass is 19.1. The van der Waals surface area contributed by atoms with Crippen molar-refractivity contribution in [1.29, 1.82) is 0 Å². The van der Waals surface area contributed by atoms with Gasteiger partial charge in [-0.05, 0) is 43.9 Å². The largest absolute Gasteiger partial charge is 0.375 e. The third-order valence-electron chi connectivity index (χ3n) is 4.59. The minimum atomic E-state index is -0.196. The first kappa shape index (κ1) is 14.0. The predicted octanol–water partition coefficient (Wildman–Crippen LogP) is 2.47. The Balaban J connectivity index is 1.88. The van der Waals surface area contributed by atoms with Crippen LogP contribution in [0.1, 0.15) is 37.8 Å². The molecule has 0 radical (unpaired) electrons. The highest BCUT2D eigenvalue weighted by Gasteiger charge is 2.40. The van der Waals surface area contributed by atoms with Crippen LogP contribution in [0, 0.1) is 5.82 Å². The number of nitrogens with two attached hydrogens (primary N) is 1. The summed E-state index contributed by atoms with van der Waals surface area (Å²) >= 11 is 0. The van der Waals surface area contributed by atoms with Crippen molar-refractivity contribution in [2.45, 2.75) is 50.4 Å². The van der Waals surface area contributed by atoms with Gasteiger partial charge in [0, 0.05) is 18.6 Å². The standard InChI is InChI=1S/C16H23FN2O/c1-11(18)16(12-5-7-13(17)8-6-12)19-9-10-20-15-4-2-3-14(15)19/h5-8,11,14-16H,2-4,9-10,18H2,1H3. The van der Waals surface area contributed by atoms with Crippen LogP contribution in [0.5, 0.6) is 0 Å². The molecule has 3 nitrogen and oxygen atoms in total. The molecular weight excluding hydrogens is 255 g/mol. The minimum absolute atomic E-state index is 0.0137. The summed E-state index contributed by atoms with van der Waals surface area (Å²) < 4.78 is 19.0. The van der Waals surface area contributed by atoms with Gasteiger partial charge in [-0.2, -0.15) is 0 Å². The summed E-state index contributed by atoms with van der Waals surface area (Å²) in [4.78, 5) is 2.49. The zero-order valence-corrected chi connectivity index (χ0v) is 12.0. The molecule has 4 unspecified atom stereocenters. The Labute approximate surface area is 119 Å². The molecule has 4 atom stereocenters. The van der Waals surface area contributed by atoms with E-state index >= 15 is 0 Å². The number of hydrogen-bond donors (Lipinski definition) is 1. The lowest BCUT2D eigenvalue weighted by atomic mass is 9.95. The van der Waals surface area contributed by atoms with Crippen LogP contribution in [0.2, 0.25) is 0 Å². The van der Waals surface area contributed by atoms with E-state index in [0.717, 1.165) is 25.1 Å². The lowest BCUT2D eigenvalue weighted by Crippen LogP contribution is -2.53. The summed E-state index contributed by atoms with van der Waals surface area (Å²) in [5, 5.41) is 0. The molecule has 0 aromatic heterocycles. The molecule has 1 aliphatic carbocycles. The van der Waals surface area contributed by atoms with Gasteiger partial charge in [0.05, 0.1) is 18.8 Å². The number of benzene rings is 1. The molecule has 2 N–H and O–H groups in total. The number of hydrogen-bond acceptors (Lipinski definition) is 3. The zero-order chi connectivity index (χ0) is 14.1. The Morgan fingerprint density at radius 1 is 1.30 bits per heavy atom. The maximum atomic E-state index is 13.1. The molecule has 20 heavy (non-hydrogen) atoms. The van der Waals surface area contributed by atoms with Gasteiger partial charge in [0.15, 0.2) is 0 Å². The molecule has 3 rings (SSSR count). The van der Waals surface area contributed by atoms with E-state index < -0.39 is 0 Å². The normalized spacial score (nSPS) is 29.9. The molecule has 0 bridgehead atoms. The van der Waals surface area contributed by atoms with Crippen molar-refractivity contribution in [1.82, 2.24) is 4.90 Å².